The number of nitrogens with zero attached hydrogens (tertiary/aromatic N) is 3. The molecule has 0 saturated carbocycles. The largest absolute Gasteiger partial charge is 0.496 e. The maximum absolute atomic E-state index is 12.9. The Bertz CT molecular complexity index is 992. The van der Waals surface area contributed by atoms with Gasteiger partial charge in [-0.25, -0.2) is 13.4 Å². The summed E-state index contributed by atoms with van der Waals surface area (Å²) in [5, 5.41) is 0. The predicted octanol–water partition coefficient (Wildman–Crippen LogP) is 0.935. The number of aryl methyl sites for hydroxylation is 1. The second-order valence-corrected chi connectivity index (χ2v) is 7.27. The Hall–Kier alpha value is -3.14. The van der Waals surface area contributed by atoms with Crippen molar-refractivity contribution < 1.29 is 22.7 Å². The molecule has 1 aliphatic heterocycles. The van der Waals surface area contributed by atoms with E-state index >= 15 is 0 Å². The summed E-state index contributed by atoms with van der Waals surface area (Å²) in [6, 6.07) is 9.80. The standard InChI is InChI=1S/C19H22N4O5S/c1-13-4-3-5-16(20-13)19(25)23-10-8-22(9-11-23)18(24)15-7-6-14(21-29(26)27)12-17(15)28-2/h3-7,12,29H,8-11H2,1-2H3,(H,21,26,27). The number of methoxy groups -OCH3 is 1. The Kier molecular flexibility index (Phi) is 6.32. The molecule has 0 aliphatic carbocycles. The SMILES string of the molecule is COc1cc(N[SH](=O)=O)ccc1C(=O)N1CCN(C(=O)c2cccc(C)n2)CC1. The Morgan fingerprint density at radius 1 is 1.03 bits per heavy atom. The van der Waals surface area contributed by atoms with Gasteiger partial charge in [0.25, 0.3) is 11.8 Å². The predicted molar refractivity (Wildman–Crippen MR) is 108 cm³/mol. The molecule has 2 aromatic rings. The van der Waals surface area contributed by atoms with E-state index in [1.165, 1.54) is 25.3 Å². The van der Waals surface area contributed by atoms with Gasteiger partial charge in [-0.2, -0.15) is 0 Å². The number of ether oxygens (including phenoxy) is 1. The van der Waals surface area contributed by atoms with Crippen molar-refractivity contribution in [3.05, 3.63) is 53.3 Å². The number of pyridine rings is 1. The number of anilines is 1. The van der Waals surface area contributed by atoms with Gasteiger partial charge < -0.3 is 14.5 Å². The summed E-state index contributed by atoms with van der Waals surface area (Å²) in [5.41, 5.74) is 1.82. The summed E-state index contributed by atoms with van der Waals surface area (Å²) in [6.07, 6.45) is 0. The highest BCUT2D eigenvalue weighted by Gasteiger charge is 2.27. The van der Waals surface area contributed by atoms with E-state index < -0.39 is 10.9 Å². The third kappa shape index (κ3) is 4.83. The first-order chi connectivity index (χ1) is 13.9. The number of benzene rings is 1. The number of aromatic nitrogens is 1. The molecule has 0 radical (unpaired) electrons. The molecule has 1 aliphatic rings. The summed E-state index contributed by atoms with van der Waals surface area (Å²) >= 11 is 0. The molecule has 1 N–H and O–H groups in total. The number of thiol groups is 1. The van der Waals surface area contributed by atoms with E-state index in [1.807, 2.05) is 13.0 Å². The monoisotopic (exact) mass is 418 g/mol. The van der Waals surface area contributed by atoms with Gasteiger partial charge in [-0.3, -0.25) is 14.3 Å². The third-order valence-electron chi connectivity index (χ3n) is 4.61. The van der Waals surface area contributed by atoms with Crippen LogP contribution in [-0.2, 0) is 10.9 Å². The van der Waals surface area contributed by atoms with Crippen LogP contribution in [-0.4, -0.2) is 68.3 Å². The van der Waals surface area contributed by atoms with Crippen molar-refractivity contribution in [2.75, 3.05) is 38.0 Å². The average molecular weight is 418 g/mol. The van der Waals surface area contributed by atoms with Gasteiger partial charge in [0, 0.05) is 37.9 Å². The van der Waals surface area contributed by atoms with Crippen LogP contribution in [0.4, 0.5) is 5.69 Å². The van der Waals surface area contributed by atoms with Crippen molar-refractivity contribution in [2.24, 2.45) is 0 Å². The summed E-state index contributed by atoms with van der Waals surface area (Å²) in [7, 11) is -1.39. The van der Waals surface area contributed by atoms with Crippen molar-refractivity contribution in [1.29, 1.82) is 0 Å². The van der Waals surface area contributed by atoms with Crippen LogP contribution in [0.3, 0.4) is 0 Å². The molecule has 2 amide bonds. The van der Waals surface area contributed by atoms with Crippen LogP contribution in [0.2, 0.25) is 0 Å². The van der Waals surface area contributed by atoms with E-state index in [1.54, 1.807) is 21.9 Å². The van der Waals surface area contributed by atoms with Crippen LogP contribution in [0.25, 0.3) is 0 Å². The summed E-state index contributed by atoms with van der Waals surface area (Å²) in [6.45, 7) is 3.40. The highest BCUT2D eigenvalue weighted by molar-refractivity contribution is 7.73. The molecule has 1 saturated heterocycles. The number of carbonyl (C=O) groups excluding carboxylic acids is 2. The molecule has 1 aromatic carbocycles. The van der Waals surface area contributed by atoms with E-state index in [-0.39, 0.29) is 17.6 Å². The van der Waals surface area contributed by atoms with Crippen molar-refractivity contribution in [3.8, 4) is 5.75 Å². The van der Waals surface area contributed by atoms with Crippen LogP contribution in [0.15, 0.2) is 36.4 Å². The normalized spacial score (nSPS) is 14.0. The molecule has 0 atom stereocenters. The van der Waals surface area contributed by atoms with Gasteiger partial charge in [-0.05, 0) is 31.2 Å². The lowest BCUT2D eigenvalue weighted by Crippen LogP contribution is -2.50. The first kappa shape index (κ1) is 20.6. The molecule has 0 bridgehead atoms. The maximum atomic E-state index is 12.9. The minimum atomic E-state index is -2.81. The number of carbonyl (C=O) groups is 2. The van der Waals surface area contributed by atoms with Crippen LogP contribution in [0.1, 0.15) is 26.5 Å². The lowest BCUT2D eigenvalue weighted by molar-refractivity contribution is 0.0530. The second kappa shape index (κ2) is 8.91. The molecule has 29 heavy (non-hydrogen) atoms. The topological polar surface area (TPSA) is 109 Å². The van der Waals surface area contributed by atoms with Gasteiger partial charge in [0.15, 0.2) is 0 Å². The average Bonchev–Trinajstić information content (AvgIpc) is 2.72. The summed E-state index contributed by atoms with van der Waals surface area (Å²) in [5.74, 6) is -0.111. The van der Waals surface area contributed by atoms with Crippen molar-refractivity contribution in [3.63, 3.8) is 0 Å². The van der Waals surface area contributed by atoms with E-state index in [9.17, 15) is 18.0 Å². The Balaban J connectivity index is 1.67. The fraction of sp³-hybridized carbons (Fsp3) is 0.316. The molecule has 0 spiro atoms. The Labute approximate surface area is 170 Å². The zero-order chi connectivity index (χ0) is 21.0. The van der Waals surface area contributed by atoms with Crippen LogP contribution < -0.4 is 9.46 Å². The minimum absolute atomic E-state index is 0.152. The number of hydrogen-bond acceptors (Lipinski definition) is 6. The smallest absolute Gasteiger partial charge is 0.272 e. The minimum Gasteiger partial charge on any atom is -0.496 e. The van der Waals surface area contributed by atoms with Crippen molar-refractivity contribution in [2.45, 2.75) is 6.92 Å². The number of nitrogens with one attached hydrogen (secondary N) is 1. The van der Waals surface area contributed by atoms with Gasteiger partial charge in [0.05, 0.1) is 18.4 Å². The lowest BCUT2D eigenvalue weighted by atomic mass is 10.1. The molecular weight excluding hydrogens is 396 g/mol. The van der Waals surface area contributed by atoms with Gasteiger partial charge in [0.2, 0.25) is 10.9 Å². The first-order valence-electron chi connectivity index (χ1n) is 9.00. The maximum Gasteiger partial charge on any atom is 0.272 e. The highest BCUT2D eigenvalue weighted by Crippen LogP contribution is 2.25. The molecule has 3 rings (SSSR count). The van der Waals surface area contributed by atoms with Gasteiger partial charge >= 0.3 is 0 Å². The van der Waals surface area contributed by atoms with E-state index in [0.29, 0.717) is 43.1 Å². The van der Waals surface area contributed by atoms with Crippen molar-refractivity contribution in [1.82, 2.24) is 14.8 Å². The van der Waals surface area contributed by atoms with Gasteiger partial charge in [0.1, 0.15) is 11.4 Å². The highest BCUT2D eigenvalue weighted by atomic mass is 32.2. The first-order valence-corrected chi connectivity index (χ1v) is 10.2. The van der Waals surface area contributed by atoms with Crippen LogP contribution in [0.5, 0.6) is 5.75 Å². The molecule has 1 aromatic heterocycles. The molecule has 0 unspecified atom stereocenters. The van der Waals surface area contributed by atoms with Crippen molar-refractivity contribution >= 4 is 28.4 Å². The van der Waals surface area contributed by atoms with E-state index in [0.717, 1.165) is 5.69 Å². The molecular formula is C19H22N4O5S. The van der Waals surface area contributed by atoms with Crippen LogP contribution >= 0.6 is 0 Å². The number of rotatable bonds is 5. The van der Waals surface area contributed by atoms with E-state index in [4.69, 9.17) is 4.74 Å². The van der Waals surface area contributed by atoms with Crippen LogP contribution in [0, 0.1) is 6.92 Å². The second-order valence-electron chi connectivity index (χ2n) is 6.53. The molecule has 9 nitrogen and oxygen atoms in total. The Morgan fingerprint density at radius 3 is 2.28 bits per heavy atom. The van der Waals surface area contributed by atoms with Gasteiger partial charge in [-0.1, -0.05) is 6.07 Å². The van der Waals surface area contributed by atoms with Gasteiger partial charge in [-0.15, -0.1) is 0 Å². The molecule has 1 fully saturated rings. The molecule has 2 heterocycles. The molecule has 154 valence electrons. The fourth-order valence-corrected chi connectivity index (χ4v) is 3.50. The third-order valence-corrected chi connectivity index (χ3v) is 5.05. The number of hydrogen-bond donors (Lipinski definition) is 2. The number of piperazine rings is 1. The zero-order valence-electron chi connectivity index (χ0n) is 16.1. The molecule has 10 heteroatoms. The number of amides is 2. The Morgan fingerprint density at radius 2 is 1.69 bits per heavy atom. The quantitative estimate of drug-likeness (QED) is 0.700. The zero-order valence-corrected chi connectivity index (χ0v) is 17.0. The summed E-state index contributed by atoms with van der Waals surface area (Å²) in [4.78, 5) is 33.1. The van der Waals surface area contributed by atoms with E-state index in [2.05, 4.69) is 9.71 Å². The summed E-state index contributed by atoms with van der Waals surface area (Å²) < 4.78 is 29.1. The lowest BCUT2D eigenvalue weighted by Gasteiger charge is -2.34. The fourth-order valence-electron chi connectivity index (χ4n) is 3.15.